The summed E-state index contributed by atoms with van der Waals surface area (Å²) in [5, 5.41) is 22.4. The Labute approximate surface area is 132 Å². The first-order valence-corrected chi connectivity index (χ1v) is 7.25. The Bertz CT molecular complexity index is 977. The number of hydrogen-bond donors (Lipinski definition) is 1. The third kappa shape index (κ3) is 2.26. The van der Waals surface area contributed by atoms with E-state index in [9.17, 15) is 20.2 Å². The molecular weight excluding hydrogens is 326 g/mol. The predicted molar refractivity (Wildman–Crippen MR) is 85.8 cm³/mol. The number of nitro groups is 2. The Balaban J connectivity index is 2.40. The van der Waals surface area contributed by atoms with Crippen LogP contribution in [0.5, 0.6) is 0 Å². The number of benzene rings is 2. The van der Waals surface area contributed by atoms with E-state index in [-0.39, 0.29) is 5.56 Å². The summed E-state index contributed by atoms with van der Waals surface area (Å²) < 4.78 is 1.37. The van der Waals surface area contributed by atoms with E-state index >= 15 is 0 Å². The number of H-pyrrole nitrogens is 1. The van der Waals surface area contributed by atoms with Crippen molar-refractivity contribution >= 4 is 45.1 Å². The lowest BCUT2D eigenvalue weighted by Gasteiger charge is -2.05. The summed E-state index contributed by atoms with van der Waals surface area (Å²) >= 11 is 6.44. The van der Waals surface area contributed by atoms with Gasteiger partial charge in [0.15, 0.2) is 3.95 Å². The van der Waals surface area contributed by atoms with Gasteiger partial charge in [-0.1, -0.05) is 18.2 Å². The lowest BCUT2D eigenvalue weighted by molar-refractivity contribution is -0.422. The van der Waals surface area contributed by atoms with E-state index in [0.29, 0.717) is 15.0 Å². The molecule has 9 heteroatoms. The summed E-state index contributed by atoms with van der Waals surface area (Å²) in [7, 11) is 0. The van der Waals surface area contributed by atoms with Gasteiger partial charge in [-0.15, -0.1) is 11.3 Å². The first-order valence-electron chi connectivity index (χ1n) is 6.03. The Morgan fingerprint density at radius 3 is 2.36 bits per heavy atom. The molecule has 1 aromatic heterocycles. The molecule has 3 rings (SSSR count). The van der Waals surface area contributed by atoms with E-state index in [1.807, 2.05) is 6.07 Å². The molecule has 3 aromatic rings. The second-order valence-electron chi connectivity index (χ2n) is 4.38. The molecule has 0 spiro atoms. The largest absolute Gasteiger partial charge is 0.353 e. The highest BCUT2D eigenvalue weighted by Crippen LogP contribution is 2.40. The Kier molecular flexibility index (Phi) is 3.43. The normalized spacial score (nSPS) is 10.7. The SMILES string of the molecule is O=[N+]([O-])c1cccc(-c2cccc3sc(=S)[nH]c23)c1[N+](=O)[O-]. The molecule has 0 radical (unpaired) electrons. The molecule has 0 saturated heterocycles. The minimum absolute atomic E-state index is 0.189. The number of nitrogens with zero attached hydrogens (tertiary/aromatic N) is 2. The van der Waals surface area contributed by atoms with Gasteiger partial charge in [-0.05, 0) is 24.4 Å². The van der Waals surface area contributed by atoms with Gasteiger partial charge in [-0.2, -0.15) is 0 Å². The molecule has 7 nitrogen and oxygen atoms in total. The van der Waals surface area contributed by atoms with Gasteiger partial charge >= 0.3 is 11.4 Å². The van der Waals surface area contributed by atoms with Crippen LogP contribution in [0.3, 0.4) is 0 Å². The molecule has 0 fully saturated rings. The first kappa shape index (κ1) is 14.3. The molecule has 0 atom stereocenters. The van der Waals surface area contributed by atoms with Crippen molar-refractivity contribution in [2.75, 3.05) is 0 Å². The maximum atomic E-state index is 11.3. The van der Waals surface area contributed by atoms with Gasteiger partial charge in [0.25, 0.3) is 0 Å². The van der Waals surface area contributed by atoms with Crippen LogP contribution in [0, 0.1) is 24.2 Å². The Morgan fingerprint density at radius 1 is 1.00 bits per heavy atom. The monoisotopic (exact) mass is 333 g/mol. The van der Waals surface area contributed by atoms with Crippen LogP contribution in [0.15, 0.2) is 36.4 Å². The molecule has 110 valence electrons. The topological polar surface area (TPSA) is 102 Å². The highest BCUT2D eigenvalue weighted by molar-refractivity contribution is 7.73. The van der Waals surface area contributed by atoms with Gasteiger partial charge in [0, 0.05) is 11.6 Å². The van der Waals surface area contributed by atoms with Crippen molar-refractivity contribution in [3.8, 4) is 11.1 Å². The minimum Gasteiger partial charge on any atom is -0.336 e. The van der Waals surface area contributed by atoms with Gasteiger partial charge in [-0.3, -0.25) is 20.2 Å². The number of rotatable bonds is 3. The van der Waals surface area contributed by atoms with Crippen molar-refractivity contribution in [1.29, 1.82) is 0 Å². The van der Waals surface area contributed by atoms with Gasteiger partial charge in [0.05, 0.1) is 25.6 Å². The zero-order valence-electron chi connectivity index (χ0n) is 10.8. The average Bonchev–Trinajstić information content (AvgIpc) is 2.86. The molecule has 1 heterocycles. The van der Waals surface area contributed by atoms with Crippen molar-refractivity contribution in [3.05, 3.63) is 60.6 Å². The highest BCUT2D eigenvalue weighted by Gasteiger charge is 2.29. The standard InChI is InChI=1S/C13H7N3O4S2/c17-15(18)9-5-1-4-8(12(9)16(19)20)7-3-2-6-10-11(7)14-13(21)22-10/h1-6H,(H,14,21). The molecular formula is C13H7N3O4S2. The molecule has 1 N–H and O–H groups in total. The number of aromatic amines is 1. The van der Waals surface area contributed by atoms with Crippen LogP contribution in [0.4, 0.5) is 11.4 Å². The van der Waals surface area contributed by atoms with Crippen molar-refractivity contribution in [2.24, 2.45) is 0 Å². The van der Waals surface area contributed by atoms with Gasteiger partial charge in [0.2, 0.25) is 0 Å². The van der Waals surface area contributed by atoms with E-state index in [0.717, 1.165) is 10.8 Å². The van der Waals surface area contributed by atoms with Crippen molar-refractivity contribution in [2.45, 2.75) is 0 Å². The molecule has 0 aliphatic rings. The number of aromatic nitrogens is 1. The first-order chi connectivity index (χ1) is 10.5. The van der Waals surface area contributed by atoms with Gasteiger partial charge in [0.1, 0.15) is 0 Å². The summed E-state index contributed by atoms with van der Waals surface area (Å²) in [5.74, 6) is 0. The van der Waals surface area contributed by atoms with E-state index in [1.54, 1.807) is 12.1 Å². The van der Waals surface area contributed by atoms with Crippen LogP contribution in [-0.2, 0) is 0 Å². The van der Waals surface area contributed by atoms with E-state index in [1.165, 1.54) is 23.5 Å². The van der Waals surface area contributed by atoms with Crippen LogP contribution in [0.25, 0.3) is 21.3 Å². The molecule has 0 aliphatic heterocycles. The molecule has 22 heavy (non-hydrogen) atoms. The predicted octanol–water partition coefficient (Wildman–Crippen LogP) is 4.44. The number of fused-ring (bicyclic) bond motifs is 1. The van der Waals surface area contributed by atoms with Crippen LogP contribution >= 0.6 is 23.6 Å². The van der Waals surface area contributed by atoms with Gasteiger partial charge < -0.3 is 4.98 Å². The second-order valence-corrected chi connectivity index (χ2v) is 6.10. The third-order valence-electron chi connectivity index (χ3n) is 3.14. The van der Waals surface area contributed by atoms with E-state index in [2.05, 4.69) is 4.98 Å². The van der Waals surface area contributed by atoms with Crippen molar-refractivity contribution in [3.63, 3.8) is 0 Å². The number of nitrogens with one attached hydrogen (secondary N) is 1. The maximum Gasteiger partial charge on any atom is 0.353 e. The fraction of sp³-hybridized carbons (Fsp3) is 0. The number of nitro benzene ring substituents is 2. The number of thiazole rings is 1. The smallest absolute Gasteiger partial charge is 0.336 e. The molecule has 0 aliphatic carbocycles. The van der Waals surface area contributed by atoms with E-state index < -0.39 is 21.2 Å². The fourth-order valence-corrected chi connectivity index (χ4v) is 3.42. The fourth-order valence-electron chi connectivity index (χ4n) is 2.28. The second kappa shape index (κ2) is 5.28. The summed E-state index contributed by atoms with van der Waals surface area (Å²) in [6.45, 7) is 0. The van der Waals surface area contributed by atoms with Crippen molar-refractivity contribution in [1.82, 2.24) is 4.98 Å². The molecule has 0 saturated carbocycles. The zero-order valence-corrected chi connectivity index (χ0v) is 12.4. The summed E-state index contributed by atoms with van der Waals surface area (Å²) in [5.41, 5.74) is 0.286. The van der Waals surface area contributed by atoms with Crippen LogP contribution in [0.2, 0.25) is 0 Å². The van der Waals surface area contributed by atoms with Gasteiger partial charge in [-0.25, -0.2) is 0 Å². The lowest BCUT2D eigenvalue weighted by atomic mass is 10.0. The van der Waals surface area contributed by atoms with Crippen LogP contribution in [-0.4, -0.2) is 14.8 Å². The molecule has 0 bridgehead atoms. The Morgan fingerprint density at radius 2 is 1.68 bits per heavy atom. The number of para-hydroxylation sites is 2. The highest BCUT2D eigenvalue weighted by atomic mass is 32.1. The molecule has 2 aromatic carbocycles. The van der Waals surface area contributed by atoms with E-state index in [4.69, 9.17) is 12.2 Å². The van der Waals surface area contributed by atoms with Crippen LogP contribution < -0.4 is 0 Å². The Hall–Kier alpha value is -2.65. The van der Waals surface area contributed by atoms with Crippen LogP contribution in [0.1, 0.15) is 0 Å². The van der Waals surface area contributed by atoms with Crippen molar-refractivity contribution < 1.29 is 9.85 Å². The quantitative estimate of drug-likeness (QED) is 0.433. The third-order valence-corrected chi connectivity index (χ3v) is 4.34. The summed E-state index contributed by atoms with van der Waals surface area (Å²) in [4.78, 5) is 23.9. The summed E-state index contributed by atoms with van der Waals surface area (Å²) in [6.07, 6.45) is 0. The summed E-state index contributed by atoms with van der Waals surface area (Å²) in [6, 6.07) is 9.29. The maximum absolute atomic E-state index is 11.3. The molecule has 0 amide bonds. The molecule has 0 unspecified atom stereocenters. The average molecular weight is 333 g/mol. The number of hydrogen-bond acceptors (Lipinski definition) is 6. The lowest BCUT2D eigenvalue weighted by Crippen LogP contribution is -1.99. The minimum atomic E-state index is -0.752. The zero-order chi connectivity index (χ0) is 15.9.